The normalized spacial score (nSPS) is 25.9. The Kier molecular flexibility index (Phi) is 3.10. The maximum Gasteiger partial charge on any atom is 0.165 e. The minimum atomic E-state index is -0.262. The lowest BCUT2D eigenvalue weighted by Crippen LogP contribution is -2.34. The van der Waals surface area contributed by atoms with E-state index in [0.717, 1.165) is 13.0 Å². The average Bonchev–Trinajstić information content (AvgIpc) is 2.60. The molecule has 0 saturated carbocycles. The molecule has 2 heterocycles. The summed E-state index contributed by atoms with van der Waals surface area (Å²) in [4.78, 5) is 6.06. The van der Waals surface area contributed by atoms with E-state index in [-0.39, 0.29) is 11.9 Å². The Balaban J connectivity index is 2.28. The van der Waals surface area contributed by atoms with Crippen LogP contribution in [0, 0.1) is 11.7 Å². The zero-order valence-corrected chi connectivity index (χ0v) is 9.41. The monoisotopic (exact) mass is 228 g/mol. The Morgan fingerprint density at radius 3 is 3.13 bits per heavy atom. The Morgan fingerprint density at radius 2 is 2.47 bits per heavy atom. The molecule has 0 N–H and O–H groups in total. The van der Waals surface area contributed by atoms with Crippen LogP contribution in [-0.4, -0.2) is 23.5 Å². The van der Waals surface area contributed by atoms with Crippen LogP contribution in [0.5, 0.6) is 0 Å². The number of alkyl halides is 1. The van der Waals surface area contributed by atoms with Gasteiger partial charge in [-0.1, -0.05) is 6.92 Å². The maximum atomic E-state index is 13.5. The number of pyridine rings is 1. The molecule has 1 aromatic rings. The van der Waals surface area contributed by atoms with E-state index >= 15 is 0 Å². The summed E-state index contributed by atoms with van der Waals surface area (Å²) >= 11 is 5.91. The van der Waals surface area contributed by atoms with Crippen molar-refractivity contribution in [3.8, 4) is 0 Å². The van der Waals surface area contributed by atoms with Gasteiger partial charge in [-0.3, -0.25) is 0 Å². The van der Waals surface area contributed by atoms with E-state index in [2.05, 4.69) is 11.9 Å². The zero-order chi connectivity index (χ0) is 10.8. The van der Waals surface area contributed by atoms with Crippen molar-refractivity contribution in [3.63, 3.8) is 0 Å². The van der Waals surface area contributed by atoms with Gasteiger partial charge in [0.05, 0.1) is 0 Å². The van der Waals surface area contributed by atoms with E-state index in [0.29, 0.717) is 17.6 Å². The summed E-state index contributed by atoms with van der Waals surface area (Å²) < 4.78 is 13.5. The number of hydrogen-bond donors (Lipinski definition) is 0. The molecular weight excluding hydrogens is 215 g/mol. The fraction of sp³-hybridized carbons (Fsp3) is 0.545. The maximum absolute atomic E-state index is 13.5. The Hall–Kier alpha value is -0.830. The summed E-state index contributed by atoms with van der Waals surface area (Å²) in [6.07, 6.45) is 2.67. The Morgan fingerprint density at radius 1 is 1.67 bits per heavy atom. The molecule has 2 nitrogen and oxygen atoms in total. The average molecular weight is 229 g/mol. The highest BCUT2D eigenvalue weighted by atomic mass is 35.5. The first-order chi connectivity index (χ1) is 7.24. The van der Waals surface area contributed by atoms with Crippen molar-refractivity contribution in [2.45, 2.75) is 19.4 Å². The summed E-state index contributed by atoms with van der Waals surface area (Å²) in [5.41, 5.74) is 0. The predicted octanol–water partition coefficient (Wildman–Crippen LogP) is 2.67. The smallest absolute Gasteiger partial charge is 0.165 e. The van der Waals surface area contributed by atoms with E-state index in [4.69, 9.17) is 11.6 Å². The Labute approximate surface area is 94.1 Å². The fourth-order valence-electron chi connectivity index (χ4n) is 2.10. The van der Waals surface area contributed by atoms with E-state index in [1.807, 2.05) is 4.90 Å². The molecule has 1 aliphatic heterocycles. The molecule has 82 valence electrons. The van der Waals surface area contributed by atoms with Crippen molar-refractivity contribution in [2.75, 3.05) is 17.3 Å². The van der Waals surface area contributed by atoms with Crippen LogP contribution < -0.4 is 4.90 Å². The first-order valence-electron chi connectivity index (χ1n) is 5.17. The molecule has 0 spiro atoms. The number of nitrogens with zero attached hydrogens (tertiary/aromatic N) is 2. The lowest BCUT2D eigenvalue weighted by atomic mass is 10.1. The molecule has 0 aromatic carbocycles. The number of rotatable bonds is 2. The van der Waals surface area contributed by atoms with Gasteiger partial charge in [-0.2, -0.15) is 0 Å². The summed E-state index contributed by atoms with van der Waals surface area (Å²) in [7, 11) is 0. The molecule has 2 unspecified atom stereocenters. The predicted molar refractivity (Wildman–Crippen MR) is 59.8 cm³/mol. The highest BCUT2D eigenvalue weighted by molar-refractivity contribution is 6.18. The first-order valence-corrected chi connectivity index (χ1v) is 5.70. The second kappa shape index (κ2) is 4.35. The summed E-state index contributed by atoms with van der Waals surface area (Å²) in [5, 5.41) is 0. The number of halogens is 2. The van der Waals surface area contributed by atoms with Crippen LogP contribution in [0.2, 0.25) is 0 Å². The third kappa shape index (κ3) is 1.93. The quantitative estimate of drug-likeness (QED) is 0.724. The molecule has 0 radical (unpaired) electrons. The SMILES string of the molecule is CC1CCN(c2ncccc2F)C1CCl. The van der Waals surface area contributed by atoms with Crippen molar-refractivity contribution in [1.82, 2.24) is 4.98 Å². The molecule has 0 aliphatic carbocycles. The molecule has 1 fully saturated rings. The summed E-state index contributed by atoms with van der Waals surface area (Å²) in [6.45, 7) is 2.99. The lowest BCUT2D eigenvalue weighted by Gasteiger charge is -2.26. The van der Waals surface area contributed by atoms with Crippen LogP contribution in [0.15, 0.2) is 18.3 Å². The minimum absolute atomic E-state index is 0.205. The molecule has 2 rings (SSSR count). The molecule has 0 amide bonds. The van der Waals surface area contributed by atoms with Gasteiger partial charge >= 0.3 is 0 Å². The highest BCUT2D eigenvalue weighted by Crippen LogP contribution is 2.30. The summed E-state index contributed by atoms with van der Waals surface area (Å²) in [6, 6.07) is 3.25. The lowest BCUT2D eigenvalue weighted by molar-refractivity contribution is 0.540. The standard InChI is InChI=1S/C11H14ClFN2/c1-8-4-6-15(10(8)7-12)11-9(13)3-2-5-14-11/h2-3,5,8,10H,4,6-7H2,1H3. The van der Waals surface area contributed by atoms with Gasteiger partial charge in [-0.15, -0.1) is 11.6 Å². The van der Waals surface area contributed by atoms with E-state index in [1.165, 1.54) is 6.07 Å². The van der Waals surface area contributed by atoms with Crippen LogP contribution in [0.25, 0.3) is 0 Å². The molecule has 15 heavy (non-hydrogen) atoms. The molecular formula is C11H14ClFN2. The van der Waals surface area contributed by atoms with Gasteiger partial charge < -0.3 is 4.90 Å². The van der Waals surface area contributed by atoms with Crippen molar-refractivity contribution < 1.29 is 4.39 Å². The number of anilines is 1. The van der Waals surface area contributed by atoms with Crippen LogP contribution in [-0.2, 0) is 0 Å². The van der Waals surface area contributed by atoms with Crippen LogP contribution >= 0.6 is 11.6 Å². The number of hydrogen-bond acceptors (Lipinski definition) is 2. The van der Waals surface area contributed by atoms with Crippen LogP contribution in [0.1, 0.15) is 13.3 Å². The van der Waals surface area contributed by atoms with E-state index in [1.54, 1.807) is 12.3 Å². The van der Waals surface area contributed by atoms with Crippen LogP contribution in [0.4, 0.5) is 10.2 Å². The van der Waals surface area contributed by atoms with Gasteiger partial charge in [0.15, 0.2) is 11.6 Å². The van der Waals surface area contributed by atoms with Crippen molar-refractivity contribution in [2.24, 2.45) is 5.92 Å². The minimum Gasteiger partial charge on any atom is -0.350 e. The van der Waals surface area contributed by atoms with E-state index in [9.17, 15) is 4.39 Å². The molecule has 1 aromatic heterocycles. The van der Waals surface area contributed by atoms with Gasteiger partial charge in [-0.05, 0) is 24.5 Å². The second-order valence-electron chi connectivity index (χ2n) is 3.99. The van der Waals surface area contributed by atoms with Gasteiger partial charge in [0.25, 0.3) is 0 Å². The van der Waals surface area contributed by atoms with E-state index < -0.39 is 0 Å². The highest BCUT2D eigenvalue weighted by Gasteiger charge is 2.32. The molecule has 4 heteroatoms. The van der Waals surface area contributed by atoms with Crippen molar-refractivity contribution >= 4 is 17.4 Å². The van der Waals surface area contributed by atoms with Crippen LogP contribution in [0.3, 0.4) is 0 Å². The topological polar surface area (TPSA) is 16.1 Å². The van der Waals surface area contributed by atoms with Gasteiger partial charge in [0.2, 0.25) is 0 Å². The van der Waals surface area contributed by atoms with Gasteiger partial charge in [-0.25, -0.2) is 9.37 Å². The van der Waals surface area contributed by atoms with Gasteiger partial charge in [0, 0.05) is 24.7 Å². The molecule has 2 atom stereocenters. The first kappa shape index (κ1) is 10.7. The second-order valence-corrected chi connectivity index (χ2v) is 4.30. The van der Waals surface area contributed by atoms with Crippen molar-refractivity contribution in [1.29, 1.82) is 0 Å². The van der Waals surface area contributed by atoms with Crippen molar-refractivity contribution in [3.05, 3.63) is 24.1 Å². The number of aromatic nitrogens is 1. The Bertz CT molecular complexity index is 345. The molecule has 1 aliphatic rings. The molecule has 0 bridgehead atoms. The molecule has 1 saturated heterocycles. The largest absolute Gasteiger partial charge is 0.350 e. The zero-order valence-electron chi connectivity index (χ0n) is 8.66. The summed E-state index contributed by atoms with van der Waals surface area (Å²) in [5.74, 6) is 1.20. The third-order valence-electron chi connectivity index (χ3n) is 3.05. The third-order valence-corrected chi connectivity index (χ3v) is 3.37. The van der Waals surface area contributed by atoms with Gasteiger partial charge in [0.1, 0.15) is 0 Å². The fourth-order valence-corrected chi connectivity index (χ4v) is 2.57.